The van der Waals surface area contributed by atoms with E-state index in [0.29, 0.717) is 6.61 Å². The summed E-state index contributed by atoms with van der Waals surface area (Å²) < 4.78 is 5.28. The molecule has 0 aliphatic heterocycles. The zero-order valence-electron chi connectivity index (χ0n) is 7.42. The first kappa shape index (κ1) is 10.8. The van der Waals surface area contributed by atoms with E-state index in [1.165, 1.54) is 0 Å². The minimum Gasteiger partial charge on any atom is -0.549 e. The van der Waals surface area contributed by atoms with Gasteiger partial charge in [-0.15, -0.1) is 0 Å². The molecule has 0 aliphatic rings. The van der Waals surface area contributed by atoms with Gasteiger partial charge in [0.25, 0.3) is 0 Å². The second kappa shape index (κ2) is 4.64. The summed E-state index contributed by atoms with van der Waals surface area (Å²) in [6, 6.07) is 0. The second-order valence-electron chi connectivity index (χ2n) is 3.15. The van der Waals surface area contributed by atoms with Gasteiger partial charge >= 0.3 is 0 Å². The standard InChI is InChI=1S/C7H17NO2Si/c1-7(2,8)6-11(3)10-5-4-9/h6,9H,4-5,8H2,1-3H3. The Morgan fingerprint density at radius 1 is 1.64 bits per heavy atom. The van der Waals surface area contributed by atoms with Gasteiger partial charge in [0.2, 0.25) is 8.65 Å². The van der Waals surface area contributed by atoms with E-state index < -0.39 is 8.65 Å². The van der Waals surface area contributed by atoms with Gasteiger partial charge in [-0.05, 0) is 26.1 Å². The molecule has 0 atom stereocenters. The van der Waals surface area contributed by atoms with Crippen LogP contribution >= 0.6 is 0 Å². The van der Waals surface area contributed by atoms with Crippen LogP contribution in [0.5, 0.6) is 0 Å². The van der Waals surface area contributed by atoms with Crippen molar-refractivity contribution in [3.05, 3.63) is 0 Å². The molecule has 0 radical (unpaired) electrons. The quantitative estimate of drug-likeness (QED) is 0.579. The highest BCUT2D eigenvalue weighted by Gasteiger charge is 2.07. The monoisotopic (exact) mass is 175 g/mol. The summed E-state index contributed by atoms with van der Waals surface area (Å²) in [6.07, 6.45) is 0. The van der Waals surface area contributed by atoms with E-state index in [4.69, 9.17) is 15.3 Å². The van der Waals surface area contributed by atoms with Crippen LogP contribution in [-0.2, 0) is 4.43 Å². The minimum absolute atomic E-state index is 0.0842. The molecular formula is C7H17NO2Si. The summed E-state index contributed by atoms with van der Waals surface area (Å²) in [5, 5.41) is 8.46. The molecule has 4 heteroatoms. The average Bonchev–Trinajstić information content (AvgIpc) is 1.79. The number of aliphatic hydroxyl groups excluding tert-OH is 1. The molecule has 11 heavy (non-hydrogen) atoms. The van der Waals surface area contributed by atoms with Crippen molar-refractivity contribution in [2.24, 2.45) is 5.73 Å². The SMILES string of the molecule is C[Si](=CC(C)(C)N)OCCO. The molecular weight excluding hydrogens is 158 g/mol. The third kappa shape index (κ3) is 7.71. The Morgan fingerprint density at radius 3 is 2.55 bits per heavy atom. The highest BCUT2D eigenvalue weighted by atomic mass is 28.3. The lowest BCUT2D eigenvalue weighted by Gasteiger charge is -2.14. The van der Waals surface area contributed by atoms with Gasteiger partial charge in [0.05, 0.1) is 13.2 Å². The maximum absolute atomic E-state index is 8.46. The molecule has 0 bridgehead atoms. The normalized spacial score (nSPS) is 13.4. The fraction of sp³-hybridized carbons (Fsp3) is 0.857. The van der Waals surface area contributed by atoms with Crippen LogP contribution in [0.4, 0.5) is 0 Å². The summed E-state index contributed by atoms with van der Waals surface area (Å²) in [5.74, 6) is 0. The lowest BCUT2D eigenvalue weighted by Crippen LogP contribution is -2.37. The molecule has 66 valence electrons. The zero-order chi connectivity index (χ0) is 8.91. The summed E-state index contributed by atoms with van der Waals surface area (Å²) in [5.41, 5.74) is 7.48. The smallest absolute Gasteiger partial charge is 0.226 e. The van der Waals surface area contributed by atoms with E-state index >= 15 is 0 Å². The van der Waals surface area contributed by atoms with Crippen molar-refractivity contribution in [3.8, 4) is 0 Å². The van der Waals surface area contributed by atoms with Crippen LogP contribution in [-0.4, -0.2) is 38.2 Å². The first-order valence-electron chi connectivity index (χ1n) is 3.68. The van der Waals surface area contributed by atoms with Crippen molar-refractivity contribution in [2.75, 3.05) is 13.2 Å². The Labute approximate surface area is 69.5 Å². The van der Waals surface area contributed by atoms with Gasteiger partial charge in [-0.25, -0.2) is 0 Å². The van der Waals surface area contributed by atoms with Crippen molar-refractivity contribution < 1.29 is 9.53 Å². The third-order valence-electron chi connectivity index (χ3n) is 0.996. The van der Waals surface area contributed by atoms with Crippen LogP contribution in [0.2, 0.25) is 6.55 Å². The molecule has 0 aromatic carbocycles. The van der Waals surface area contributed by atoms with Crippen LogP contribution < -0.4 is 5.73 Å². The van der Waals surface area contributed by atoms with Gasteiger partial charge in [-0.1, -0.05) is 0 Å². The topological polar surface area (TPSA) is 55.5 Å². The Hall–Kier alpha value is -0.193. The first-order valence-corrected chi connectivity index (χ1v) is 5.66. The molecule has 0 saturated carbocycles. The molecule has 3 nitrogen and oxygen atoms in total. The summed E-state index contributed by atoms with van der Waals surface area (Å²) in [7, 11) is -0.920. The maximum Gasteiger partial charge on any atom is 0.226 e. The predicted molar refractivity (Wildman–Crippen MR) is 49.0 cm³/mol. The zero-order valence-corrected chi connectivity index (χ0v) is 8.42. The van der Waals surface area contributed by atoms with Crippen molar-refractivity contribution in [2.45, 2.75) is 25.9 Å². The van der Waals surface area contributed by atoms with Crippen LogP contribution in [0, 0.1) is 0 Å². The Kier molecular flexibility index (Phi) is 4.56. The average molecular weight is 175 g/mol. The summed E-state index contributed by atoms with van der Waals surface area (Å²) >= 11 is 0. The number of nitrogens with two attached hydrogens (primary N) is 1. The van der Waals surface area contributed by atoms with Crippen molar-refractivity contribution in [1.29, 1.82) is 0 Å². The van der Waals surface area contributed by atoms with E-state index in [2.05, 4.69) is 0 Å². The van der Waals surface area contributed by atoms with Crippen molar-refractivity contribution >= 4 is 14.3 Å². The number of rotatable bonds is 4. The highest BCUT2D eigenvalue weighted by Crippen LogP contribution is 1.90. The van der Waals surface area contributed by atoms with Gasteiger partial charge < -0.3 is 15.3 Å². The number of aliphatic hydroxyl groups is 1. The van der Waals surface area contributed by atoms with Gasteiger partial charge in [0, 0.05) is 5.54 Å². The first-order chi connectivity index (χ1) is 4.95. The van der Waals surface area contributed by atoms with E-state index in [-0.39, 0.29) is 12.1 Å². The summed E-state index contributed by atoms with van der Waals surface area (Å²) in [4.78, 5) is 0. The molecule has 0 aromatic rings. The van der Waals surface area contributed by atoms with Crippen molar-refractivity contribution in [1.82, 2.24) is 0 Å². The van der Waals surface area contributed by atoms with Crippen LogP contribution in [0.25, 0.3) is 0 Å². The largest absolute Gasteiger partial charge is 0.549 e. The number of hydrogen-bond donors (Lipinski definition) is 2. The maximum atomic E-state index is 8.46. The Balaban J connectivity index is 3.81. The molecule has 0 saturated heterocycles. The lowest BCUT2D eigenvalue weighted by atomic mass is 10.1. The van der Waals surface area contributed by atoms with E-state index in [0.717, 1.165) is 0 Å². The molecule has 0 amide bonds. The van der Waals surface area contributed by atoms with Crippen LogP contribution in [0.1, 0.15) is 13.8 Å². The molecule has 0 heterocycles. The van der Waals surface area contributed by atoms with Gasteiger partial charge in [-0.3, -0.25) is 0 Å². The predicted octanol–water partition coefficient (Wildman–Crippen LogP) is -0.262. The minimum atomic E-state index is -0.920. The fourth-order valence-electron chi connectivity index (χ4n) is 0.772. The van der Waals surface area contributed by atoms with Gasteiger partial charge in [-0.2, -0.15) is 0 Å². The molecule has 0 unspecified atom stereocenters. The molecule has 0 rings (SSSR count). The molecule has 3 N–H and O–H groups in total. The molecule has 0 aromatic heterocycles. The molecule has 0 aliphatic carbocycles. The highest BCUT2D eigenvalue weighted by molar-refractivity contribution is 6.60. The Bertz CT molecular complexity index is 140. The van der Waals surface area contributed by atoms with E-state index in [9.17, 15) is 0 Å². The van der Waals surface area contributed by atoms with Crippen LogP contribution in [0.15, 0.2) is 0 Å². The lowest BCUT2D eigenvalue weighted by molar-refractivity contribution is 0.206. The van der Waals surface area contributed by atoms with Crippen LogP contribution in [0.3, 0.4) is 0 Å². The van der Waals surface area contributed by atoms with Crippen molar-refractivity contribution in [3.63, 3.8) is 0 Å². The number of hydrogen-bond acceptors (Lipinski definition) is 3. The molecule has 0 spiro atoms. The summed E-state index contributed by atoms with van der Waals surface area (Å²) in [6.45, 7) is 6.38. The fourth-order valence-corrected chi connectivity index (χ4v) is 2.32. The van der Waals surface area contributed by atoms with Gasteiger partial charge in [0.1, 0.15) is 0 Å². The third-order valence-corrected chi connectivity index (χ3v) is 2.81. The Morgan fingerprint density at radius 2 is 2.18 bits per heavy atom. The second-order valence-corrected chi connectivity index (χ2v) is 4.95. The van der Waals surface area contributed by atoms with E-state index in [1.807, 2.05) is 26.1 Å². The molecule has 0 fully saturated rings. The van der Waals surface area contributed by atoms with Gasteiger partial charge in [0.15, 0.2) is 0 Å². The van der Waals surface area contributed by atoms with E-state index in [1.54, 1.807) is 0 Å².